The van der Waals surface area contributed by atoms with Gasteiger partial charge in [-0.05, 0) is 30.2 Å². The minimum atomic E-state index is -0.667. The summed E-state index contributed by atoms with van der Waals surface area (Å²) < 4.78 is 6.60. The number of aromatic nitrogens is 2. The maximum absolute atomic E-state index is 12.5. The standard InChI is InChI=1S/C22H22N4O4/c1-2-30-16-10-8-15(9-11-16)17-12-18(25-24-17)19-20(27)23-22(29)26(21(19)28)13-14-6-4-3-5-7-14/h3-11,17,24,28H,2,12-13H2,1H3,(H,23,27,29)/t17-/m0/s1. The molecule has 8 heteroatoms. The minimum absolute atomic E-state index is 0.00599. The first-order valence-corrected chi connectivity index (χ1v) is 9.72. The minimum Gasteiger partial charge on any atom is -0.494 e. The number of aromatic hydroxyl groups is 1. The third-order valence-corrected chi connectivity index (χ3v) is 4.99. The van der Waals surface area contributed by atoms with Crippen molar-refractivity contribution >= 4 is 5.71 Å². The number of ether oxygens (including phenoxy) is 1. The summed E-state index contributed by atoms with van der Waals surface area (Å²) in [5.41, 5.74) is 3.89. The molecule has 1 aromatic heterocycles. The smallest absolute Gasteiger partial charge is 0.331 e. The number of hydrogen-bond acceptors (Lipinski definition) is 6. The summed E-state index contributed by atoms with van der Waals surface area (Å²) >= 11 is 0. The SMILES string of the molecule is CCOc1ccc([C@@H]2CC(c3c(O)n(Cc4ccccc4)c(=O)[nH]c3=O)=NN2)cc1. The van der Waals surface area contributed by atoms with Gasteiger partial charge < -0.3 is 15.3 Å². The summed E-state index contributed by atoms with van der Waals surface area (Å²) in [7, 11) is 0. The predicted molar refractivity (Wildman–Crippen MR) is 113 cm³/mol. The van der Waals surface area contributed by atoms with Crippen molar-refractivity contribution in [2.75, 3.05) is 6.61 Å². The summed E-state index contributed by atoms with van der Waals surface area (Å²) in [6.07, 6.45) is 0.397. The lowest BCUT2D eigenvalue weighted by molar-refractivity contribution is 0.340. The van der Waals surface area contributed by atoms with Crippen molar-refractivity contribution in [3.63, 3.8) is 0 Å². The molecular formula is C22H22N4O4. The molecule has 0 saturated carbocycles. The summed E-state index contributed by atoms with van der Waals surface area (Å²) in [5.74, 6) is 0.392. The molecule has 2 heterocycles. The Morgan fingerprint density at radius 3 is 2.57 bits per heavy atom. The number of nitrogens with one attached hydrogen (secondary N) is 2. The molecule has 0 unspecified atom stereocenters. The van der Waals surface area contributed by atoms with Gasteiger partial charge in [0.15, 0.2) is 0 Å². The van der Waals surface area contributed by atoms with Gasteiger partial charge in [0.2, 0.25) is 5.88 Å². The van der Waals surface area contributed by atoms with E-state index < -0.39 is 11.2 Å². The van der Waals surface area contributed by atoms with Gasteiger partial charge in [0.25, 0.3) is 5.56 Å². The molecule has 0 saturated heterocycles. The normalized spacial score (nSPS) is 15.5. The Hall–Kier alpha value is -3.81. The van der Waals surface area contributed by atoms with Crippen molar-refractivity contribution in [2.24, 2.45) is 5.10 Å². The predicted octanol–water partition coefficient (Wildman–Crippen LogP) is 2.13. The first-order valence-electron chi connectivity index (χ1n) is 9.72. The fraction of sp³-hybridized carbons (Fsp3) is 0.227. The summed E-state index contributed by atoms with van der Waals surface area (Å²) in [6.45, 7) is 2.65. The van der Waals surface area contributed by atoms with Crippen molar-refractivity contribution < 1.29 is 9.84 Å². The highest BCUT2D eigenvalue weighted by Crippen LogP contribution is 2.27. The fourth-order valence-electron chi connectivity index (χ4n) is 3.49. The van der Waals surface area contributed by atoms with Gasteiger partial charge in [-0.15, -0.1) is 0 Å². The van der Waals surface area contributed by atoms with Crippen LogP contribution in [0.3, 0.4) is 0 Å². The fourth-order valence-corrected chi connectivity index (χ4v) is 3.49. The molecule has 0 aliphatic carbocycles. The molecule has 0 fully saturated rings. The number of H-pyrrole nitrogens is 1. The lowest BCUT2D eigenvalue weighted by Gasteiger charge is -2.12. The van der Waals surface area contributed by atoms with Crippen LogP contribution in [0.1, 0.15) is 36.1 Å². The molecule has 8 nitrogen and oxygen atoms in total. The van der Waals surface area contributed by atoms with E-state index in [1.54, 1.807) is 0 Å². The highest BCUT2D eigenvalue weighted by Gasteiger charge is 2.27. The zero-order valence-electron chi connectivity index (χ0n) is 16.5. The maximum Gasteiger partial charge on any atom is 0.331 e. The first kappa shape index (κ1) is 19.5. The van der Waals surface area contributed by atoms with Crippen molar-refractivity contribution in [3.05, 3.63) is 92.1 Å². The van der Waals surface area contributed by atoms with Crippen LogP contribution in [0, 0.1) is 0 Å². The molecule has 3 N–H and O–H groups in total. The lowest BCUT2D eigenvalue weighted by Crippen LogP contribution is -2.34. The van der Waals surface area contributed by atoms with Gasteiger partial charge in [0.1, 0.15) is 11.3 Å². The molecule has 0 amide bonds. The quantitative estimate of drug-likeness (QED) is 0.581. The third-order valence-electron chi connectivity index (χ3n) is 4.99. The molecule has 1 aliphatic heterocycles. The van der Waals surface area contributed by atoms with Gasteiger partial charge in [0, 0.05) is 6.42 Å². The van der Waals surface area contributed by atoms with Crippen LogP contribution in [-0.2, 0) is 6.54 Å². The lowest BCUT2D eigenvalue weighted by atomic mass is 10.00. The molecule has 0 spiro atoms. The zero-order valence-corrected chi connectivity index (χ0v) is 16.5. The average Bonchev–Trinajstić information content (AvgIpc) is 3.22. The molecule has 0 bridgehead atoms. The van der Waals surface area contributed by atoms with E-state index in [-0.39, 0.29) is 24.0 Å². The van der Waals surface area contributed by atoms with Gasteiger partial charge in [-0.3, -0.25) is 14.3 Å². The highest BCUT2D eigenvalue weighted by molar-refractivity contribution is 6.03. The Bertz CT molecular complexity index is 1180. The van der Waals surface area contributed by atoms with Gasteiger partial charge in [-0.2, -0.15) is 5.10 Å². The molecule has 1 atom stereocenters. The van der Waals surface area contributed by atoms with E-state index in [1.165, 1.54) is 0 Å². The van der Waals surface area contributed by atoms with E-state index in [9.17, 15) is 14.7 Å². The van der Waals surface area contributed by atoms with E-state index in [0.717, 1.165) is 21.4 Å². The summed E-state index contributed by atoms with van der Waals surface area (Å²) in [5, 5.41) is 15.0. The molecule has 0 radical (unpaired) electrons. The number of hydrazone groups is 1. The van der Waals surface area contributed by atoms with Crippen LogP contribution < -0.4 is 21.4 Å². The second-order valence-electron chi connectivity index (χ2n) is 6.98. The molecule has 2 aromatic carbocycles. The Morgan fingerprint density at radius 1 is 1.13 bits per heavy atom. The van der Waals surface area contributed by atoms with Crippen LogP contribution in [0.2, 0.25) is 0 Å². The Kier molecular flexibility index (Phi) is 5.38. The molecular weight excluding hydrogens is 384 g/mol. The Balaban J connectivity index is 1.60. The summed E-state index contributed by atoms with van der Waals surface area (Å²) in [6, 6.07) is 16.7. The Labute approximate surface area is 172 Å². The van der Waals surface area contributed by atoms with Gasteiger partial charge in [-0.25, -0.2) is 4.79 Å². The van der Waals surface area contributed by atoms with Crippen LogP contribution in [0.15, 0.2) is 69.3 Å². The van der Waals surface area contributed by atoms with Crippen molar-refractivity contribution in [2.45, 2.75) is 25.9 Å². The molecule has 30 heavy (non-hydrogen) atoms. The molecule has 154 valence electrons. The third kappa shape index (κ3) is 3.84. The van der Waals surface area contributed by atoms with Crippen LogP contribution in [0.5, 0.6) is 11.6 Å². The van der Waals surface area contributed by atoms with Gasteiger partial charge >= 0.3 is 5.69 Å². The van der Waals surface area contributed by atoms with Crippen LogP contribution in [0.4, 0.5) is 0 Å². The van der Waals surface area contributed by atoms with Gasteiger partial charge in [0.05, 0.1) is 24.9 Å². The first-order chi connectivity index (χ1) is 14.6. The number of nitrogens with zero attached hydrogens (tertiary/aromatic N) is 2. The number of hydrogen-bond donors (Lipinski definition) is 3. The zero-order chi connectivity index (χ0) is 21.1. The largest absolute Gasteiger partial charge is 0.494 e. The van der Waals surface area contributed by atoms with Gasteiger partial charge in [-0.1, -0.05) is 42.5 Å². The Morgan fingerprint density at radius 2 is 1.87 bits per heavy atom. The van der Waals surface area contributed by atoms with Crippen LogP contribution >= 0.6 is 0 Å². The van der Waals surface area contributed by atoms with Crippen LogP contribution in [-0.4, -0.2) is 27.0 Å². The van der Waals surface area contributed by atoms with E-state index in [4.69, 9.17) is 4.74 Å². The second-order valence-corrected chi connectivity index (χ2v) is 6.98. The van der Waals surface area contributed by atoms with E-state index in [1.807, 2.05) is 61.5 Å². The number of aromatic amines is 1. The second kappa shape index (κ2) is 8.28. The van der Waals surface area contributed by atoms with Crippen LogP contribution in [0.25, 0.3) is 0 Å². The maximum atomic E-state index is 12.5. The van der Waals surface area contributed by atoms with Crippen molar-refractivity contribution in [3.8, 4) is 11.6 Å². The number of rotatable bonds is 6. The average molecular weight is 406 g/mol. The molecule has 3 aromatic rings. The van der Waals surface area contributed by atoms with Crippen molar-refractivity contribution in [1.82, 2.24) is 15.0 Å². The van der Waals surface area contributed by atoms with E-state index in [0.29, 0.717) is 18.7 Å². The van der Waals surface area contributed by atoms with E-state index >= 15 is 0 Å². The molecule has 1 aliphatic rings. The topological polar surface area (TPSA) is 109 Å². The monoisotopic (exact) mass is 406 g/mol. The van der Waals surface area contributed by atoms with E-state index in [2.05, 4.69) is 15.5 Å². The summed E-state index contributed by atoms with van der Waals surface area (Å²) in [4.78, 5) is 27.0. The molecule has 4 rings (SSSR count). The number of benzene rings is 2. The highest BCUT2D eigenvalue weighted by atomic mass is 16.5. The van der Waals surface area contributed by atoms with Crippen molar-refractivity contribution in [1.29, 1.82) is 0 Å².